The molecule has 0 N–H and O–H groups in total. The van der Waals surface area contributed by atoms with Gasteiger partial charge in [0, 0.05) is 6.17 Å². The molecule has 0 radical (unpaired) electrons. The summed E-state index contributed by atoms with van der Waals surface area (Å²) in [6, 6.07) is 8.93. The molecule has 0 saturated heterocycles. The maximum absolute atomic E-state index is 12.4. The molecule has 0 fully saturated rings. The Morgan fingerprint density at radius 3 is 2.00 bits per heavy atom. The number of hydrogen-bond donors (Lipinski definition) is 0. The summed E-state index contributed by atoms with van der Waals surface area (Å²) in [6.45, 7) is -4.43. The Morgan fingerprint density at radius 1 is 1.11 bits per heavy atom. The molecule has 0 atom stereocenters. The van der Waals surface area contributed by atoms with Gasteiger partial charge in [0.1, 0.15) is 0 Å². The van der Waals surface area contributed by atoms with Crippen LogP contribution in [0.1, 0.15) is 5.56 Å². The van der Waals surface area contributed by atoms with Crippen LogP contribution in [0, 0.1) is 12.9 Å². The van der Waals surface area contributed by atoms with E-state index in [9.17, 15) is 26.7 Å². The first-order chi connectivity index (χ1) is 8.47. The molecule has 0 aliphatic heterocycles. The van der Waals surface area contributed by atoms with Gasteiger partial charge in [-0.05, 0) is 5.56 Å². The zero-order valence-corrected chi connectivity index (χ0v) is 13.2. The molecule has 100 valence electrons. The van der Waals surface area contributed by atoms with Crippen LogP contribution in [0.4, 0.5) is 22.0 Å². The fourth-order valence-electron chi connectivity index (χ4n) is 0.892. The van der Waals surface area contributed by atoms with Crippen molar-refractivity contribution in [2.45, 2.75) is 0 Å². The Labute approximate surface area is 150 Å². The van der Waals surface area contributed by atoms with Gasteiger partial charge in [-0.1, -0.05) is 30.3 Å². The Kier molecular flexibility index (Phi) is 14.2. The fourth-order valence-corrected chi connectivity index (χ4v) is 0.892. The van der Waals surface area contributed by atoms with Gasteiger partial charge >= 0.3 is 51.4 Å². The number of alkyl halides is 1. The van der Waals surface area contributed by atoms with Crippen LogP contribution in [0.2, 0.25) is 0 Å². The van der Waals surface area contributed by atoms with Gasteiger partial charge in [-0.2, -0.15) is 6.08 Å². The van der Waals surface area contributed by atoms with E-state index in [4.69, 9.17) is 0 Å². The third-order valence-electron chi connectivity index (χ3n) is 1.61. The summed E-state index contributed by atoms with van der Waals surface area (Å²) in [5.74, 6) is -0.920. The number of carbonyl (C=O) groups excluding carboxylic acids is 1. The molecule has 0 aliphatic carbocycles. The van der Waals surface area contributed by atoms with Crippen LogP contribution >= 0.6 is 0 Å². The molecule has 0 saturated carbocycles. The molecule has 19 heavy (non-hydrogen) atoms. The van der Waals surface area contributed by atoms with Crippen molar-refractivity contribution in [3.63, 3.8) is 0 Å². The molecular formula is C12H9F5KO-. The van der Waals surface area contributed by atoms with Crippen LogP contribution in [-0.4, -0.2) is 12.5 Å². The van der Waals surface area contributed by atoms with Crippen LogP contribution < -0.4 is 51.4 Å². The van der Waals surface area contributed by atoms with Crippen molar-refractivity contribution < 1.29 is 78.1 Å². The van der Waals surface area contributed by atoms with E-state index in [1.165, 1.54) is 6.08 Å². The molecule has 1 aromatic rings. The zero-order valence-electron chi connectivity index (χ0n) is 10.0. The van der Waals surface area contributed by atoms with E-state index >= 15 is 0 Å². The van der Waals surface area contributed by atoms with Gasteiger partial charge < -0.3 is 22.4 Å². The van der Waals surface area contributed by atoms with Crippen molar-refractivity contribution in [2.24, 2.45) is 0 Å². The quantitative estimate of drug-likeness (QED) is 0.352. The number of carbonyl (C=O) groups is 1. The van der Waals surface area contributed by atoms with Crippen molar-refractivity contribution in [1.82, 2.24) is 0 Å². The van der Waals surface area contributed by atoms with E-state index in [1.54, 1.807) is 24.3 Å². The largest absolute Gasteiger partial charge is 1.00 e. The van der Waals surface area contributed by atoms with Gasteiger partial charge in [-0.25, -0.2) is 0 Å². The van der Waals surface area contributed by atoms with Crippen LogP contribution in [0.3, 0.4) is 0 Å². The first-order valence-corrected chi connectivity index (χ1v) is 4.65. The average Bonchev–Trinajstić information content (AvgIpc) is 2.35. The summed E-state index contributed by atoms with van der Waals surface area (Å²) in [4.78, 5) is 10.8. The van der Waals surface area contributed by atoms with Gasteiger partial charge in [-0.15, -0.1) is 6.08 Å². The summed E-state index contributed by atoms with van der Waals surface area (Å²) in [6.07, 6.45) is 1.19. The minimum Gasteiger partial charge on any atom is -0.385 e. The topological polar surface area (TPSA) is 17.1 Å². The normalized spacial score (nSPS) is 9.58. The van der Waals surface area contributed by atoms with Crippen LogP contribution in [0.15, 0.2) is 36.4 Å². The number of rotatable bonds is 4. The fraction of sp³-hybridized carbons (Fsp3) is 0.0833. The number of allylic oxidation sites excluding steroid dienone is 1. The third-order valence-corrected chi connectivity index (χ3v) is 1.61. The molecule has 1 nitrogen and oxygen atoms in total. The summed E-state index contributed by atoms with van der Waals surface area (Å²) < 4.78 is 52.8. The van der Waals surface area contributed by atoms with Crippen molar-refractivity contribution >= 4 is 11.9 Å². The van der Waals surface area contributed by atoms with Crippen LogP contribution in [0.25, 0.3) is 6.08 Å². The number of ketones is 1. The molecule has 0 aliphatic rings. The second-order valence-corrected chi connectivity index (χ2v) is 2.86. The van der Waals surface area contributed by atoms with E-state index < -0.39 is 25.3 Å². The molecule has 0 spiro atoms. The minimum atomic E-state index is -3.08. The van der Waals surface area contributed by atoms with Gasteiger partial charge in [0.25, 0.3) is 0 Å². The summed E-state index contributed by atoms with van der Waals surface area (Å²) in [5, 5.41) is 0. The monoisotopic (exact) mass is 303 g/mol. The van der Waals surface area contributed by atoms with E-state index in [0.29, 0.717) is 0 Å². The standard InChI is InChI=1S/C11H9F2O.CF3.K/c12-8-10(13)11(14)7-6-9-4-2-1-3-5-9;2-1(3)4;/h1-7H,8H2;;/q2*-1;+1/b7-6+;;. The SMILES string of the molecule is F[C-](F)F.O=C(/C=C/c1ccccc1)[C-](F)CF.[K+]. The Balaban J connectivity index is 0. The van der Waals surface area contributed by atoms with Crippen molar-refractivity contribution in [3.05, 3.63) is 54.8 Å². The van der Waals surface area contributed by atoms with Crippen molar-refractivity contribution in [3.8, 4) is 0 Å². The van der Waals surface area contributed by atoms with E-state index in [1.807, 2.05) is 6.07 Å². The Hall–Kier alpha value is -0.214. The first kappa shape index (κ1) is 21.1. The number of halogens is 5. The average molecular weight is 303 g/mol. The molecule has 1 aromatic carbocycles. The maximum Gasteiger partial charge on any atom is 1.00 e. The first-order valence-electron chi connectivity index (χ1n) is 4.65. The summed E-state index contributed by atoms with van der Waals surface area (Å²) in [7, 11) is 0. The van der Waals surface area contributed by atoms with Crippen molar-refractivity contribution in [2.75, 3.05) is 6.67 Å². The maximum atomic E-state index is 12.4. The predicted molar refractivity (Wildman–Crippen MR) is 57.4 cm³/mol. The Bertz CT molecular complexity index is 367. The number of benzene rings is 1. The zero-order chi connectivity index (χ0) is 14.0. The van der Waals surface area contributed by atoms with Gasteiger partial charge in [0.2, 0.25) is 0 Å². The van der Waals surface area contributed by atoms with Gasteiger partial charge in [0.05, 0.1) is 12.5 Å². The van der Waals surface area contributed by atoms with Gasteiger partial charge in [0.15, 0.2) is 6.68 Å². The molecule has 0 aromatic heterocycles. The summed E-state index contributed by atoms with van der Waals surface area (Å²) in [5.41, 5.74) is 0.771. The smallest absolute Gasteiger partial charge is 0.385 e. The number of hydrogen-bond acceptors (Lipinski definition) is 1. The molecule has 7 heteroatoms. The van der Waals surface area contributed by atoms with E-state index in [2.05, 4.69) is 0 Å². The van der Waals surface area contributed by atoms with Crippen LogP contribution in [-0.2, 0) is 4.79 Å². The Morgan fingerprint density at radius 2 is 1.58 bits per heavy atom. The molecule has 0 unspecified atom stereocenters. The van der Waals surface area contributed by atoms with Crippen molar-refractivity contribution in [1.29, 1.82) is 0 Å². The summed E-state index contributed by atoms with van der Waals surface area (Å²) >= 11 is 0. The third kappa shape index (κ3) is 12.6. The molecule has 0 amide bonds. The van der Waals surface area contributed by atoms with Crippen LogP contribution in [0.5, 0.6) is 0 Å². The van der Waals surface area contributed by atoms with E-state index in [-0.39, 0.29) is 51.4 Å². The second kappa shape index (κ2) is 12.8. The molecule has 0 heterocycles. The van der Waals surface area contributed by atoms with E-state index in [0.717, 1.165) is 11.6 Å². The second-order valence-electron chi connectivity index (χ2n) is 2.86. The predicted octanol–water partition coefficient (Wildman–Crippen LogP) is 1.09. The molecule has 0 bridgehead atoms. The van der Waals surface area contributed by atoms with Gasteiger partial charge in [-0.3, -0.25) is 4.39 Å². The molecular weight excluding hydrogens is 294 g/mol. The molecule has 1 rings (SSSR count). The minimum absolute atomic E-state index is 0.